The van der Waals surface area contributed by atoms with E-state index in [1.54, 1.807) is 11.3 Å². The summed E-state index contributed by atoms with van der Waals surface area (Å²) in [6.07, 6.45) is 11.5. The molecular formula is C31H46N8S. The second kappa shape index (κ2) is 13.3. The molecule has 2 aliphatic heterocycles. The number of rotatable bonds is 7. The maximum atomic E-state index is 5.01. The smallest absolute Gasteiger partial charge is 0.228 e. The van der Waals surface area contributed by atoms with Crippen LogP contribution in [0.2, 0.25) is 0 Å². The van der Waals surface area contributed by atoms with Crippen molar-refractivity contribution in [2.24, 2.45) is 0 Å². The zero-order valence-electron chi connectivity index (χ0n) is 24.7. The molecule has 5 heterocycles. The first kappa shape index (κ1) is 28.8. The van der Waals surface area contributed by atoms with Crippen LogP contribution in [0.15, 0.2) is 31.1 Å². The molecule has 6 rings (SSSR count). The number of piperazine rings is 1. The predicted molar refractivity (Wildman–Crippen MR) is 170 cm³/mol. The molecule has 1 aliphatic carbocycles. The Balaban J connectivity index is 0.00000158. The Morgan fingerprint density at radius 2 is 1.73 bits per heavy atom. The number of piperidine rings is 1. The Morgan fingerprint density at radius 1 is 1.00 bits per heavy atom. The van der Waals surface area contributed by atoms with Crippen LogP contribution in [0.5, 0.6) is 0 Å². The Labute approximate surface area is 243 Å². The largest absolute Gasteiger partial charge is 0.377 e. The van der Waals surface area contributed by atoms with Crippen LogP contribution in [0, 0.1) is 0 Å². The Bertz CT molecular complexity index is 1250. The molecule has 3 aliphatic rings. The molecule has 1 saturated carbocycles. The first-order chi connectivity index (χ1) is 19.6. The number of thiophene rings is 1. The topological polar surface area (TPSA) is 72.5 Å². The molecule has 0 unspecified atom stereocenters. The van der Waals surface area contributed by atoms with E-state index in [0.29, 0.717) is 11.9 Å². The van der Waals surface area contributed by atoms with Gasteiger partial charge in [0, 0.05) is 57.6 Å². The zero-order chi connectivity index (χ0) is 28.1. The summed E-state index contributed by atoms with van der Waals surface area (Å²) in [7, 11) is 4.13. The van der Waals surface area contributed by atoms with Crippen molar-refractivity contribution < 1.29 is 0 Å². The van der Waals surface area contributed by atoms with Crippen LogP contribution >= 0.6 is 11.3 Å². The minimum absolute atomic E-state index is 0.547. The quantitative estimate of drug-likeness (QED) is 0.368. The summed E-state index contributed by atoms with van der Waals surface area (Å²) < 4.78 is 1.13. The molecular weight excluding hydrogens is 516 g/mol. The van der Waals surface area contributed by atoms with E-state index in [1.165, 1.54) is 54.7 Å². The van der Waals surface area contributed by atoms with Crippen LogP contribution in [0.4, 0.5) is 17.5 Å². The van der Waals surface area contributed by atoms with Gasteiger partial charge in [-0.2, -0.15) is 0 Å². The third kappa shape index (κ3) is 6.26. The number of fused-ring (bicyclic) bond motifs is 1. The molecule has 3 aromatic heterocycles. The average Bonchev–Trinajstić information content (AvgIpc) is 3.67. The highest BCUT2D eigenvalue weighted by Gasteiger charge is 2.28. The van der Waals surface area contributed by atoms with Crippen molar-refractivity contribution in [3.05, 3.63) is 41.5 Å². The predicted octanol–water partition coefficient (Wildman–Crippen LogP) is 5.92. The number of nitrogens with one attached hydrogen (secondary N) is 2. The van der Waals surface area contributed by atoms with Gasteiger partial charge < -0.3 is 20.4 Å². The molecule has 0 amide bonds. The summed E-state index contributed by atoms with van der Waals surface area (Å²) in [6, 6.07) is 4.96. The number of nitrogens with zero attached hydrogens (tertiary/aromatic N) is 6. The van der Waals surface area contributed by atoms with Gasteiger partial charge in [-0.25, -0.2) is 15.0 Å². The van der Waals surface area contributed by atoms with Gasteiger partial charge >= 0.3 is 0 Å². The van der Waals surface area contributed by atoms with Crippen LogP contribution < -0.4 is 15.5 Å². The molecule has 2 N–H and O–H groups in total. The minimum Gasteiger partial charge on any atom is -0.377 e. The van der Waals surface area contributed by atoms with Gasteiger partial charge in [-0.3, -0.25) is 4.90 Å². The van der Waals surface area contributed by atoms with Crippen LogP contribution in [-0.4, -0.2) is 84.2 Å². The Morgan fingerprint density at radius 3 is 2.38 bits per heavy atom. The van der Waals surface area contributed by atoms with Gasteiger partial charge in [0.2, 0.25) is 5.95 Å². The molecule has 2 saturated heterocycles. The van der Waals surface area contributed by atoms with Crippen molar-refractivity contribution >= 4 is 44.7 Å². The second-order valence-corrected chi connectivity index (χ2v) is 12.2. The normalized spacial score (nSPS) is 18.9. The van der Waals surface area contributed by atoms with Gasteiger partial charge in [-0.05, 0) is 56.8 Å². The molecule has 40 heavy (non-hydrogen) atoms. The van der Waals surface area contributed by atoms with E-state index in [9.17, 15) is 0 Å². The summed E-state index contributed by atoms with van der Waals surface area (Å²) in [5, 5.41) is 6.84. The summed E-state index contributed by atoms with van der Waals surface area (Å²) in [5.74, 6) is 1.93. The van der Waals surface area contributed by atoms with Gasteiger partial charge in [0.05, 0.1) is 33.2 Å². The molecule has 8 nitrogen and oxygen atoms in total. The standard InChI is InChI=1S/C29H40N8S.C2H6/c1-20(35(2)3)28-26(21-6-4-5-7-21)27-24(38-28)19-32-29(34-27)33-25-9-8-23(18-31-25)37-16-14-36(15-17-37)22-10-12-30-13-11-22;1-2/h8-9,18-19,21-22,30H,1,4-7,10-17H2,2-3H3,(H,31,32,33,34);1-2H3. The van der Waals surface area contributed by atoms with E-state index in [1.807, 2.05) is 32.3 Å². The summed E-state index contributed by atoms with van der Waals surface area (Å²) in [6.45, 7) is 15.0. The molecule has 0 atom stereocenters. The van der Waals surface area contributed by atoms with Gasteiger partial charge in [0.25, 0.3) is 0 Å². The lowest BCUT2D eigenvalue weighted by Crippen LogP contribution is -2.52. The highest BCUT2D eigenvalue weighted by Crippen LogP contribution is 2.45. The summed E-state index contributed by atoms with van der Waals surface area (Å²) in [5.41, 5.74) is 4.67. The molecule has 0 spiro atoms. The fraction of sp³-hybridized carbons (Fsp3) is 0.581. The zero-order valence-corrected chi connectivity index (χ0v) is 25.6. The lowest BCUT2D eigenvalue weighted by atomic mass is 9.96. The van der Waals surface area contributed by atoms with Gasteiger partial charge in [-0.15, -0.1) is 11.3 Å². The van der Waals surface area contributed by atoms with E-state index in [0.717, 1.165) is 67.0 Å². The SMILES string of the molecule is C=C(c1sc2cnc(Nc3ccc(N4CCN(C5CCNCC5)CC4)cn3)nc2c1C1CCCC1)N(C)C.CC. The highest BCUT2D eigenvalue weighted by molar-refractivity contribution is 7.20. The lowest BCUT2D eigenvalue weighted by Gasteiger charge is -2.41. The van der Waals surface area contributed by atoms with Crippen molar-refractivity contribution in [3.63, 3.8) is 0 Å². The highest BCUT2D eigenvalue weighted by atomic mass is 32.1. The fourth-order valence-electron chi connectivity index (χ4n) is 6.26. The molecule has 0 aromatic carbocycles. The number of aromatic nitrogens is 3. The van der Waals surface area contributed by atoms with Crippen LogP contribution in [0.1, 0.15) is 68.7 Å². The van der Waals surface area contributed by atoms with Crippen molar-refractivity contribution in [1.82, 2.24) is 30.1 Å². The van der Waals surface area contributed by atoms with E-state index in [4.69, 9.17) is 9.97 Å². The third-order valence-corrected chi connectivity index (χ3v) is 9.70. The van der Waals surface area contributed by atoms with Crippen molar-refractivity contribution in [2.45, 2.75) is 64.3 Å². The molecule has 3 fully saturated rings. The molecule has 216 valence electrons. The first-order valence-electron chi connectivity index (χ1n) is 15.2. The number of hydrogen-bond acceptors (Lipinski definition) is 9. The summed E-state index contributed by atoms with van der Waals surface area (Å²) in [4.78, 5) is 22.9. The van der Waals surface area contributed by atoms with Crippen LogP contribution in [0.3, 0.4) is 0 Å². The van der Waals surface area contributed by atoms with E-state index in [2.05, 4.69) is 57.1 Å². The number of pyridine rings is 1. The number of anilines is 3. The lowest BCUT2D eigenvalue weighted by molar-refractivity contribution is 0.153. The first-order valence-corrected chi connectivity index (χ1v) is 16.0. The van der Waals surface area contributed by atoms with Crippen LogP contribution in [-0.2, 0) is 0 Å². The Kier molecular flexibility index (Phi) is 9.55. The van der Waals surface area contributed by atoms with Gasteiger partial charge in [0.1, 0.15) is 5.82 Å². The molecule has 0 radical (unpaired) electrons. The second-order valence-electron chi connectivity index (χ2n) is 11.1. The maximum absolute atomic E-state index is 5.01. The van der Waals surface area contributed by atoms with Crippen molar-refractivity contribution in [3.8, 4) is 0 Å². The monoisotopic (exact) mass is 562 g/mol. The van der Waals surface area contributed by atoms with E-state index in [-0.39, 0.29) is 0 Å². The van der Waals surface area contributed by atoms with Gasteiger partial charge in [-0.1, -0.05) is 33.3 Å². The average molecular weight is 563 g/mol. The van der Waals surface area contributed by atoms with Crippen molar-refractivity contribution in [1.29, 1.82) is 0 Å². The molecule has 9 heteroatoms. The maximum Gasteiger partial charge on any atom is 0.228 e. The van der Waals surface area contributed by atoms with E-state index >= 15 is 0 Å². The Hall–Kier alpha value is -2.75. The molecule has 0 bridgehead atoms. The van der Waals surface area contributed by atoms with E-state index < -0.39 is 0 Å². The molecule has 3 aromatic rings. The third-order valence-electron chi connectivity index (χ3n) is 8.52. The van der Waals surface area contributed by atoms with Gasteiger partial charge in [0.15, 0.2) is 0 Å². The van der Waals surface area contributed by atoms with Crippen molar-refractivity contribution in [2.75, 3.05) is 63.6 Å². The summed E-state index contributed by atoms with van der Waals surface area (Å²) >= 11 is 1.77. The van der Waals surface area contributed by atoms with Crippen LogP contribution in [0.25, 0.3) is 15.9 Å². The number of hydrogen-bond donors (Lipinski definition) is 2. The fourth-order valence-corrected chi connectivity index (χ4v) is 7.51. The minimum atomic E-state index is 0.547.